The van der Waals surface area contributed by atoms with Crippen molar-refractivity contribution < 1.29 is 0 Å². The van der Waals surface area contributed by atoms with Gasteiger partial charge in [-0.25, -0.2) is 24.9 Å². The lowest BCUT2D eigenvalue weighted by Gasteiger charge is -2.12. The summed E-state index contributed by atoms with van der Waals surface area (Å²) in [6.45, 7) is 0. The Bertz CT molecular complexity index is 3310. The second-order valence-corrected chi connectivity index (χ2v) is 15.4. The molecule has 3 aromatic heterocycles. The maximum atomic E-state index is 5.18. The first-order valence-electron chi connectivity index (χ1n) is 20.7. The van der Waals surface area contributed by atoms with Crippen LogP contribution >= 0.6 is 0 Å². The molecule has 0 saturated heterocycles. The summed E-state index contributed by atoms with van der Waals surface area (Å²) >= 11 is 0. The standard InChI is InChI=1S/C57H37N5/c1-4-13-42(14-5-1)53-36-50(37-54(59-53)49-29-26-38-12-10-11-19-46(38)34-49)52-33-31-48-35-47(30-32-51(48)58-52)41-22-20-39(21-23-41)40-24-27-45(28-25-40)57-61-55(43-15-6-2-7-16-43)60-56(62-57)44-17-8-3-9-18-44/h1-37H. The summed E-state index contributed by atoms with van der Waals surface area (Å²) in [6, 6.07) is 77.7. The van der Waals surface area contributed by atoms with Crippen molar-refractivity contribution in [2.45, 2.75) is 0 Å². The maximum Gasteiger partial charge on any atom is 0.164 e. The maximum absolute atomic E-state index is 5.18. The number of hydrogen-bond donors (Lipinski definition) is 0. The predicted octanol–water partition coefficient (Wildman–Crippen LogP) is 14.3. The Morgan fingerprint density at radius 1 is 0.194 bits per heavy atom. The van der Waals surface area contributed by atoms with Crippen LogP contribution in [0.3, 0.4) is 0 Å². The van der Waals surface area contributed by atoms with Gasteiger partial charge in [0.1, 0.15) is 0 Å². The second-order valence-electron chi connectivity index (χ2n) is 15.4. The van der Waals surface area contributed by atoms with E-state index >= 15 is 0 Å². The van der Waals surface area contributed by atoms with E-state index in [-0.39, 0.29) is 0 Å². The molecule has 5 nitrogen and oxygen atoms in total. The molecule has 11 aromatic rings. The van der Waals surface area contributed by atoms with Crippen LogP contribution in [0.15, 0.2) is 224 Å². The quantitative estimate of drug-likeness (QED) is 0.153. The first kappa shape index (κ1) is 36.7. The number of pyridine rings is 2. The predicted molar refractivity (Wildman–Crippen MR) is 254 cm³/mol. The normalized spacial score (nSPS) is 11.2. The van der Waals surface area contributed by atoms with Crippen LogP contribution in [-0.4, -0.2) is 24.9 Å². The van der Waals surface area contributed by atoms with Crippen LogP contribution < -0.4 is 0 Å². The fourth-order valence-electron chi connectivity index (χ4n) is 8.00. The fourth-order valence-corrected chi connectivity index (χ4v) is 8.00. The van der Waals surface area contributed by atoms with E-state index in [4.69, 9.17) is 24.9 Å². The molecule has 0 radical (unpaired) electrons. The third-order valence-corrected chi connectivity index (χ3v) is 11.3. The summed E-state index contributed by atoms with van der Waals surface area (Å²) in [7, 11) is 0. The molecule has 0 N–H and O–H groups in total. The lowest BCUT2D eigenvalue weighted by atomic mass is 9.98. The highest BCUT2D eigenvalue weighted by Gasteiger charge is 2.14. The van der Waals surface area contributed by atoms with Crippen molar-refractivity contribution in [3.05, 3.63) is 224 Å². The number of benzene rings is 8. The summed E-state index contributed by atoms with van der Waals surface area (Å²) in [4.78, 5) is 25.0. The Labute approximate surface area is 359 Å². The summed E-state index contributed by atoms with van der Waals surface area (Å²) in [5.41, 5.74) is 14.2. The molecule has 0 fully saturated rings. The SMILES string of the molecule is c1ccc(-c2cc(-c3ccc4cc(-c5ccc(-c6ccc(-c7nc(-c8ccccc8)nc(-c8ccccc8)n7)cc6)cc5)ccc4n3)cc(-c3ccc4ccccc4c3)n2)cc1. The van der Waals surface area contributed by atoms with E-state index < -0.39 is 0 Å². The molecule has 8 aromatic carbocycles. The lowest BCUT2D eigenvalue weighted by molar-refractivity contribution is 1.07. The van der Waals surface area contributed by atoms with Crippen molar-refractivity contribution in [3.8, 4) is 90.2 Å². The Kier molecular flexibility index (Phi) is 9.45. The number of rotatable bonds is 8. The smallest absolute Gasteiger partial charge is 0.164 e. The average molecular weight is 792 g/mol. The van der Waals surface area contributed by atoms with Crippen molar-refractivity contribution in [2.75, 3.05) is 0 Å². The van der Waals surface area contributed by atoms with E-state index in [1.54, 1.807) is 0 Å². The Morgan fingerprint density at radius 2 is 0.613 bits per heavy atom. The molecule has 0 spiro atoms. The van der Waals surface area contributed by atoms with Gasteiger partial charge in [-0.1, -0.05) is 188 Å². The van der Waals surface area contributed by atoms with E-state index in [1.807, 2.05) is 66.7 Å². The zero-order valence-corrected chi connectivity index (χ0v) is 33.6. The lowest BCUT2D eigenvalue weighted by Crippen LogP contribution is -2.00. The zero-order valence-electron chi connectivity index (χ0n) is 33.6. The van der Waals surface area contributed by atoms with Crippen molar-refractivity contribution in [2.24, 2.45) is 0 Å². The monoisotopic (exact) mass is 791 g/mol. The molecule has 0 aliphatic rings. The molecular formula is C57H37N5. The number of fused-ring (bicyclic) bond motifs is 2. The molecule has 0 amide bonds. The van der Waals surface area contributed by atoms with Crippen LogP contribution in [0, 0.1) is 0 Å². The minimum absolute atomic E-state index is 0.640. The van der Waals surface area contributed by atoms with Crippen LogP contribution in [0.25, 0.3) is 112 Å². The molecule has 0 unspecified atom stereocenters. The molecule has 0 aliphatic heterocycles. The number of nitrogens with zero attached hydrogens (tertiary/aromatic N) is 5. The molecule has 0 bridgehead atoms. The highest BCUT2D eigenvalue weighted by Crippen LogP contribution is 2.34. The molecule has 290 valence electrons. The highest BCUT2D eigenvalue weighted by molar-refractivity contribution is 5.90. The van der Waals surface area contributed by atoms with Crippen LogP contribution in [0.5, 0.6) is 0 Å². The van der Waals surface area contributed by atoms with E-state index in [9.17, 15) is 0 Å². The number of aromatic nitrogens is 5. The van der Waals surface area contributed by atoms with Gasteiger partial charge in [-0.3, -0.25) is 0 Å². The summed E-state index contributed by atoms with van der Waals surface area (Å²) in [5, 5.41) is 3.48. The molecule has 11 rings (SSSR count). The van der Waals surface area contributed by atoms with Crippen LogP contribution in [0.2, 0.25) is 0 Å². The first-order chi connectivity index (χ1) is 30.7. The summed E-state index contributed by atoms with van der Waals surface area (Å²) in [6.07, 6.45) is 0. The molecule has 0 aliphatic carbocycles. The fraction of sp³-hybridized carbons (Fsp3) is 0. The van der Waals surface area contributed by atoms with Crippen LogP contribution in [0.1, 0.15) is 0 Å². The largest absolute Gasteiger partial charge is 0.248 e. The van der Waals surface area contributed by atoms with E-state index in [0.717, 1.165) is 83.6 Å². The summed E-state index contributed by atoms with van der Waals surface area (Å²) in [5.74, 6) is 1.94. The van der Waals surface area contributed by atoms with E-state index in [1.165, 1.54) is 10.8 Å². The minimum Gasteiger partial charge on any atom is -0.248 e. The molecule has 62 heavy (non-hydrogen) atoms. The third-order valence-electron chi connectivity index (χ3n) is 11.3. The number of hydrogen-bond acceptors (Lipinski definition) is 5. The minimum atomic E-state index is 0.640. The average Bonchev–Trinajstić information content (AvgIpc) is 3.36. The van der Waals surface area contributed by atoms with Crippen molar-refractivity contribution >= 4 is 21.7 Å². The van der Waals surface area contributed by atoms with Gasteiger partial charge in [0.05, 0.1) is 22.6 Å². The van der Waals surface area contributed by atoms with Gasteiger partial charge in [0, 0.05) is 38.8 Å². The van der Waals surface area contributed by atoms with Gasteiger partial charge in [-0.05, 0) is 69.4 Å². The van der Waals surface area contributed by atoms with Gasteiger partial charge in [-0.15, -0.1) is 0 Å². The Morgan fingerprint density at radius 3 is 1.21 bits per heavy atom. The topological polar surface area (TPSA) is 64.5 Å². The van der Waals surface area contributed by atoms with Gasteiger partial charge in [0.2, 0.25) is 0 Å². The highest BCUT2D eigenvalue weighted by atomic mass is 15.0. The third kappa shape index (κ3) is 7.40. The van der Waals surface area contributed by atoms with Crippen molar-refractivity contribution in [3.63, 3.8) is 0 Å². The van der Waals surface area contributed by atoms with Crippen molar-refractivity contribution in [1.82, 2.24) is 24.9 Å². The zero-order chi connectivity index (χ0) is 41.2. The Hall–Kier alpha value is -8.41. The molecule has 5 heteroatoms. The van der Waals surface area contributed by atoms with Crippen LogP contribution in [0.4, 0.5) is 0 Å². The molecule has 0 atom stereocenters. The molecule has 3 heterocycles. The molecule has 0 saturated carbocycles. The summed E-state index contributed by atoms with van der Waals surface area (Å²) < 4.78 is 0. The van der Waals surface area contributed by atoms with Gasteiger partial charge >= 0.3 is 0 Å². The van der Waals surface area contributed by atoms with Crippen molar-refractivity contribution in [1.29, 1.82) is 0 Å². The first-order valence-corrected chi connectivity index (χ1v) is 20.7. The van der Waals surface area contributed by atoms with E-state index in [2.05, 4.69) is 158 Å². The van der Waals surface area contributed by atoms with Gasteiger partial charge in [0.15, 0.2) is 17.5 Å². The molecular weight excluding hydrogens is 755 g/mol. The van der Waals surface area contributed by atoms with Gasteiger partial charge < -0.3 is 0 Å². The Balaban J connectivity index is 0.864. The second kappa shape index (κ2) is 16.0. The van der Waals surface area contributed by atoms with E-state index in [0.29, 0.717) is 17.5 Å². The van der Waals surface area contributed by atoms with Gasteiger partial charge in [0.25, 0.3) is 0 Å². The van der Waals surface area contributed by atoms with Gasteiger partial charge in [-0.2, -0.15) is 0 Å². The van der Waals surface area contributed by atoms with Crippen LogP contribution in [-0.2, 0) is 0 Å².